The van der Waals surface area contributed by atoms with E-state index in [2.05, 4.69) is 32.7 Å². The van der Waals surface area contributed by atoms with E-state index < -0.39 is 0 Å². The number of rotatable bonds is 6. The van der Waals surface area contributed by atoms with Crippen molar-refractivity contribution in [2.24, 2.45) is 7.05 Å². The summed E-state index contributed by atoms with van der Waals surface area (Å²) in [6.45, 7) is 3.62. The highest BCUT2D eigenvalue weighted by molar-refractivity contribution is 5.60. The maximum atomic E-state index is 5.86. The molecule has 0 saturated carbocycles. The van der Waals surface area contributed by atoms with Crippen molar-refractivity contribution < 1.29 is 14.0 Å². The number of methoxy groups -OCH3 is 1. The molecule has 0 radical (unpaired) electrons. The Morgan fingerprint density at radius 2 is 2.23 bits per heavy atom. The molecule has 1 atom stereocenters. The summed E-state index contributed by atoms with van der Waals surface area (Å²) in [6.07, 6.45) is 0. The Labute approximate surface area is 151 Å². The molecule has 8 nitrogen and oxygen atoms in total. The first-order chi connectivity index (χ1) is 12.6. The van der Waals surface area contributed by atoms with Crippen LogP contribution < -0.4 is 10.1 Å². The number of benzene rings is 1. The quantitative estimate of drug-likeness (QED) is 0.725. The van der Waals surface area contributed by atoms with Crippen LogP contribution in [0.4, 0.5) is 0 Å². The van der Waals surface area contributed by atoms with Gasteiger partial charge in [0.1, 0.15) is 19.0 Å². The van der Waals surface area contributed by atoms with Gasteiger partial charge in [0.15, 0.2) is 0 Å². The molecule has 1 aromatic carbocycles. The SMILES string of the molecule is COCc1nc(-c2ccc3c(c2)OC[C@@H]3NCc2cc(C)nn2C)no1. The minimum absolute atomic E-state index is 0.142. The topological polar surface area (TPSA) is 87.2 Å². The molecule has 8 heteroatoms. The molecule has 0 bridgehead atoms. The summed E-state index contributed by atoms with van der Waals surface area (Å²) in [5.41, 5.74) is 4.15. The van der Waals surface area contributed by atoms with Crippen LogP contribution in [0.2, 0.25) is 0 Å². The molecule has 26 heavy (non-hydrogen) atoms. The molecule has 0 spiro atoms. The third-order valence-corrected chi connectivity index (χ3v) is 4.42. The monoisotopic (exact) mass is 355 g/mol. The Bertz CT molecular complexity index is 917. The van der Waals surface area contributed by atoms with Crippen molar-refractivity contribution in [2.45, 2.75) is 26.1 Å². The van der Waals surface area contributed by atoms with Crippen molar-refractivity contribution in [3.8, 4) is 17.1 Å². The molecule has 0 aliphatic carbocycles. The van der Waals surface area contributed by atoms with Gasteiger partial charge in [0.05, 0.1) is 17.4 Å². The van der Waals surface area contributed by atoms with Gasteiger partial charge in [-0.05, 0) is 19.1 Å². The number of nitrogens with one attached hydrogen (secondary N) is 1. The van der Waals surface area contributed by atoms with Gasteiger partial charge in [-0.1, -0.05) is 17.3 Å². The third kappa shape index (κ3) is 3.21. The summed E-state index contributed by atoms with van der Waals surface area (Å²) >= 11 is 0. The molecule has 1 aliphatic heterocycles. The Morgan fingerprint density at radius 1 is 1.35 bits per heavy atom. The third-order valence-electron chi connectivity index (χ3n) is 4.42. The van der Waals surface area contributed by atoms with Crippen LogP contribution in [-0.2, 0) is 24.9 Å². The number of hydrogen-bond acceptors (Lipinski definition) is 7. The molecule has 4 rings (SSSR count). The number of fused-ring (bicyclic) bond motifs is 1. The van der Waals surface area contributed by atoms with E-state index in [-0.39, 0.29) is 6.04 Å². The summed E-state index contributed by atoms with van der Waals surface area (Å²) in [4.78, 5) is 4.32. The number of ether oxygens (including phenoxy) is 2. The number of hydrogen-bond donors (Lipinski definition) is 1. The molecule has 1 aliphatic rings. The van der Waals surface area contributed by atoms with E-state index in [1.165, 1.54) is 0 Å². The van der Waals surface area contributed by atoms with Crippen molar-refractivity contribution in [3.05, 3.63) is 47.1 Å². The Hall–Kier alpha value is -2.71. The van der Waals surface area contributed by atoms with Crippen LogP contribution >= 0.6 is 0 Å². The van der Waals surface area contributed by atoms with Gasteiger partial charge >= 0.3 is 0 Å². The summed E-state index contributed by atoms with van der Waals surface area (Å²) in [7, 11) is 3.55. The molecular formula is C18H21N5O3. The van der Waals surface area contributed by atoms with Crippen LogP contribution in [0.3, 0.4) is 0 Å². The fraction of sp³-hybridized carbons (Fsp3) is 0.389. The summed E-state index contributed by atoms with van der Waals surface area (Å²) < 4.78 is 17.9. The van der Waals surface area contributed by atoms with Gasteiger partial charge in [-0.15, -0.1) is 0 Å². The molecule has 136 valence electrons. The number of aromatic nitrogens is 4. The molecule has 0 unspecified atom stereocenters. The van der Waals surface area contributed by atoms with Gasteiger partial charge < -0.3 is 19.3 Å². The summed E-state index contributed by atoms with van der Waals surface area (Å²) in [5.74, 6) is 1.83. The number of aryl methyl sites for hydroxylation is 2. The summed E-state index contributed by atoms with van der Waals surface area (Å²) in [6, 6.07) is 8.21. The summed E-state index contributed by atoms with van der Waals surface area (Å²) in [5, 5.41) is 11.9. The van der Waals surface area contributed by atoms with E-state index >= 15 is 0 Å². The fourth-order valence-corrected chi connectivity index (χ4v) is 3.13. The van der Waals surface area contributed by atoms with Gasteiger partial charge in [-0.25, -0.2) is 0 Å². The van der Waals surface area contributed by atoms with Crippen molar-refractivity contribution in [1.82, 2.24) is 25.2 Å². The van der Waals surface area contributed by atoms with Gasteiger partial charge in [-0.3, -0.25) is 4.68 Å². The van der Waals surface area contributed by atoms with Crippen LogP contribution in [0.25, 0.3) is 11.4 Å². The predicted octanol–water partition coefficient (Wildman–Crippen LogP) is 2.15. The first-order valence-corrected chi connectivity index (χ1v) is 8.45. The lowest BCUT2D eigenvalue weighted by Crippen LogP contribution is -2.23. The highest BCUT2D eigenvalue weighted by Gasteiger charge is 2.25. The van der Waals surface area contributed by atoms with Gasteiger partial charge in [0.25, 0.3) is 5.89 Å². The molecule has 0 amide bonds. The second-order valence-electron chi connectivity index (χ2n) is 6.34. The normalized spacial score (nSPS) is 15.9. The Balaban J connectivity index is 1.48. The highest BCUT2D eigenvalue weighted by atomic mass is 16.5. The Kier molecular flexibility index (Phi) is 4.44. The lowest BCUT2D eigenvalue weighted by atomic mass is 10.1. The zero-order chi connectivity index (χ0) is 18.1. The van der Waals surface area contributed by atoms with Crippen molar-refractivity contribution in [3.63, 3.8) is 0 Å². The lowest BCUT2D eigenvalue weighted by molar-refractivity contribution is 0.151. The smallest absolute Gasteiger partial charge is 0.252 e. The maximum absolute atomic E-state index is 5.86. The van der Waals surface area contributed by atoms with E-state index in [1.54, 1.807) is 7.11 Å². The standard InChI is InChI=1S/C18H21N5O3/c1-11-6-13(23(2)21-11)8-19-15-9-25-16-7-12(4-5-14(15)16)18-20-17(10-24-3)26-22-18/h4-7,15,19H,8-10H2,1-3H3/t15-/m0/s1. The van der Waals surface area contributed by atoms with Crippen molar-refractivity contribution in [2.75, 3.05) is 13.7 Å². The minimum Gasteiger partial charge on any atom is -0.491 e. The molecule has 0 fully saturated rings. The maximum Gasteiger partial charge on any atom is 0.252 e. The van der Waals surface area contributed by atoms with E-state index in [4.69, 9.17) is 14.0 Å². The van der Waals surface area contributed by atoms with Crippen LogP contribution in [0.15, 0.2) is 28.8 Å². The first kappa shape index (κ1) is 16.7. The van der Waals surface area contributed by atoms with Crippen LogP contribution in [0.5, 0.6) is 5.75 Å². The van der Waals surface area contributed by atoms with Gasteiger partial charge in [0.2, 0.25) is 5.82 Å². The van der Waals surface area contributed by atoms with Gasteiger partial charge in [0, 0.05) is 31.8 Å². The van der Waals surface area contributed by atoms with E-state index in [0.29, 0.717) is 24.9 Å². The molecule has 2 aromatic heterocycles. The van der Waals surface area contributed by atoms with Crippen LogP contribution in [-0.4, -0.2) is 33.6 Å². The minimum atomic E-state index is 0.142. The lowest BCUT2D eigenvalue weighted by Gasteiger charge is -2.11. The molecular weight excluding hydrogens is 334 g/mol. The predicted molar refractivity (Wildman–Crippen MR) is 93.5 cm³/mol. The van der Waals surface area contributed by atoms with E-state index in [0.717, 1.165) is 34.8 Å². The molecule has 0 saturated heterocycles. The molecule has 1 N–H and O–H groups in total. The zero-order valence-corrected chi connectivity index (χ0v) is 15.0. The average molecular weight is 355 g/mol. The second kappa shape index (κ2) is 6.89. The Morgan fingerprint density at radius 3 is 3.00 bits per heavy atom. The second-order valence-corrected chi connectivity index (χ2v) is 6.34. The van der Waals surface area contributed by atoms with E-state index in [1.807, 2.05) is 30.8 Å². The van der Waals surface area contributed by atoms with Crippen molar-refractivity contribution >= 4 is 0 Å². The molecule has 3 heterocycles. The van der Waals surface area contributed by atoms with Crippen LogP contribution in [0, 0.1) is 6.92 Å². The average Bonchev–Trinajstić information content (AvgIpc) is 3.32. The fourth-order valence-electron chi connectivity index (χ4n) is 3.13. The first-order valence-electron chi connectivity index (χ1n) is 8.45. The van der Waals surface area contributed by atoms with Crippen LogP contribution in [0.1, 0.15) is 28.9 Å². The van der Waals surface area contributed by atoms with Crippen molar-refractivity contribution in [1.29, 1.82) is 0 Å². The largest absolute Gasteiger partial charge is 0.491 e. The number of nitrogens with zero attached hydrogens (tertiary/aromatic N) is 4. The van der Waals surface area contributed by atoms with Gasteiger partial charge in [-0.2, -0.15) is 10.1 Å². The highest BCUT2D eigenvalue weighted by Crippen LogP contribution is 2.35. The zero-order valence-electron chi connectivity index (χ0n) is 15.0. The molecule has 3 aromatic rings. The van der Waals surface area contributed by atoms with E-state index in [9.17, 15) is 0 Å².